The van der Waals surface area contributed by atoms with E-state index in [9.17, 15) is 4.79 Å². The number of nitrogens with one attached hydrogen (secondary N) is 1. The molecule has 2 unspecified atom stereocenters. The monoisotopic (exact) mass is 300 g/mol. The summed E-state index contributed by atoms with van der Waals surface area (Å²) in [6.45, 7) is 3.51. The van der Waals surface area contributed by atoms with E-state index >= 15 is 0 Å². The molecule has 1 rings (SSSR count). The van der Waals surface area contributed by atoms with Crippen LogP contribution in [-0.4, -0.2) is 23.0 Å². The van der Waals surface area contributed by atoms with E-state index in [-0.39, 0.29) is 11.9 Å². The first-order chi connectivity index (χ1) is 8.88. The van der Waals surface area contributed by atoms with Gasteiger partial charge in [0.25, 0.3) is 5.91 Å². The number of carbonyl (C=O) groups excluding carboxylic acids is 1. The summed E-state index contributed by atoms with van der Waals surface area (Å²) in [4.78, 5) is 12.2. The van der Waals surface area contributed by atoms with Gasteiger partial charge in [-0.15, -0.1) is 0 Å². The zero-order chi connectivity index (χ0) is 14.4. The number of amides is 1. The number of nitrogens with two attached hydrogens (primary N) is 1. The van der Waals surface area contributed by atoms with E-state index in [2.05, 4.69) is 5.32 Å². The van der Waals surface area contributed by atoms with E-state index in [1.54, 1.807) is 31.2 Å². The lowest BCUT2D eigenvalue weighted by molar-refractivity contribution is -0.127. The van der Waals surface area contributed by atoms with Crippen LogP contribution in [0.1, 0.15) is 20.3 Å². The van der Waals surface area contributed by atoms with Gasteiger partial charge in [0.15, 0.2) is 6.10 Å². The standard InChI is InChI=1S/C13H17ClN2O2S/c1-8(6-12(15)19)16-13(17)9(2)18-11-5-3-4-10(14)7-11/h3-5,7-9H,6H2,1-2H3,(H2,15,19)(H,16,17). The second kappa shape index (κ2) is 7.31. The SMILES string of the molecule is CC(CC(N)=S)NC(=O)C(C)Oc1cccc(Cl)c1. The summed E-state index contributed by atoms with van der Waals surface area (Å²) in [6.07, 6.45) is -0.155. The number of carbonyl (C=O) groups is 1. The molecule has 1 aromatic carbocycles. The van der Waals surface area contributed by atoms with Crippen molar-refractivity contribution in [2.45, 2.75) is 32.4 Å². The van der Waals surface area contributed by atoms with Gasteiger partial charge in [0.05, 0.1) is 4.99 Å². The van der Waals surface area contributed by atoms with Gasteiger partial charge in [-0.25, -0.2) is 0 Å². The Morgan fingerprint density at radius 1 is 1.53 bits per heavy atom. The molecule has 0 spiro atoms. The molecule has 19 heavy (non-hydrogen) atoms. The van der Waals surface area contributed by atoms with Crippen molar-refractivity contribution in [2.75, 3.05) is 0 Å². The van der Waals surface area contributed by atoms with E-state index in [1.807, 2.05) is 6.92 Å². The molecular formula is C13H17ClN2O2S. The summed E-state index contributed by atoms with van der Waals surface area (Å²) >= 11 is 10.6. The van der Waals surface area contributed by atoms with Gasteiger partial charge in [0.1, 0.15) is 5.75 Å². The van der Waals surface area contributed by atoms with Crippen LogP contribution >= 0.6 is 23.8 Å². The molecule has 0 aliphatic rings. The maximum absolute atomic E-state index is 11.9. The summed E-state index contributed by atoms with van der Waals surface area (Å²) in [5.74, 6) is 0.334. The minimum absolute atomic E-state index is 0.115. The molecule has 0 aromatic heterocycles. The number of rotatable bonds is 6. The summed E-state index contributed by atoms with van der Waals surface area (Å²) in [7, 11) is 0. The molecule has 3 N–H and O–H groups in total. The highest BCUT2D eigenvalue weighted by Gasteiger charge is 2.17. The molecule has 1 amide bonds. The van der Waals surface area contributed by atoms with Crippen molar-refractivity contribution in [2.24, 2.45) is 5.73 Å². The summed E-state index contributed by atoms with van der Waals surface area (Å²) in [6, 6.07) is 6.79. The van der Waals surface area contributed by atoms with E-state index < -0.39 is 6.10 Å². The van der Waals surface area contributed by atoms with Crippen LogP contribution in [0.3, 0.4) is 0 Å². The Kier molecular flexibility index (Phi) is 6.05. The van der Waals surface area contributed by atoms with Crippen molar-refractivity contribution < 1.29 is 9.53 Å². The number of ether oxygens (including phenoxy) is 1. The Balaban J connectivity index is 2.51. The van der Waals surface area contributed by atoms with Gasteiger partial charge < -0.3 is 15.8 Å². The molecule has 0 heterocycles. The van der Waals surface area contributed by atoms with Crippen LogP contribution in [0.5, 0.6) is 5.75 Å². The molecular weight excluding hydrogens is 284 g/mol. The lowest BCUT2D eigenvalue weighted by atomic mass is 10.2. The zero-order valence-corrected chi connectivity index (χ0v) is 12.4. The first-order valence-corrected chi connectivity index (χ1v) is 6.68. The highest BCUT2D eigenvalue weighted by Crippen LogP contribution is 2.18. The van der Waals surface area contributed by atoms with Crippen LogP contribution in [0.4, 0.5) is 0 Å². The zero-order valence-electron chi connectivity index (χ0n) is 10.9. The highest BCUT2D eigenvalue weighted by atomic mass is 35.5. The Hall–Kier alpha value is -1.33. The lowest BCUT2D eigenvalue weighted by Crippen LogP contribution is -2.42. The van der Waals surface area contributed by atoms with Crippen LogP contribution in [0, 0.1) is 0 Å². The van der Waals surface area contributed by atoms with Gasteiger partial charge in [-0.1, -0.05) is 29.9 Å². The molecule has 0 saturated carbocycles. The number of halogens is 1. The number of thiocarbonyl (C=S) groups is 1. The van der Waals surface area contributed by atoms with E-state index in [1.165, 1.54) is 0 Å². The van der Waals surface area contributed by atoms with Gasteiger partial charge in [-0.05, 0) is 32.0 Å². The molecule has 1 aromatic rings. The molecule has 6 heteroatoms. The van der Waals surface area contributed by atoms with E-state index in [4.69, 9.17) is 34.3 Å². The Bertz CT molecular complexity index is 468. The fraction of sp³-hybridized carbons (Fsp3) is 0.385. The Morgan fingerprint density at radius 2 is 2.21 bits per heavy atom. The van der Waals surface area contributed by atoms with Gasteiger partial charge in [0.2, 0.25) is 0 Å². The van der Waals surface area contributed by atoms with Crippen molar-refractivity contribution in [1.29, 1.82) is 0 Å². The molecule has 0 saturated heterocycles. The maximum Gasteiger partial charge on any atom is 0.260 e. The fourth-order valence-corrected chi connectivity index (χ4v) is 1.94. The number of hydrogen-bond acceptors (Lipinski definition) is 3. The van der Waals surface area contributed by atoms with E-state index in [0.29, 0.717) is 22.2 Å². The second-order valence-corrected chi connectivity index (χ2v) is 5.26. The summed E-state index contributed by atoms with van der Waals surface area (Å²) < 4.78 is 5.50. The number of hydrogen-bond donors (Lipinski definition) is 2. The predicted octanol–water partition coefficient (Wildman–Crippen LogP) is 2.29. The van der Waals surface area contributed by atoms with Crippen molar-refractivity contribution in [3.05, 3.63) is 29.3 Å². The van der Waals surface area contributed by atoms with Gasteiger partial charge in [-0.3, -0.25) is 4.79 Å². The first kappa shape index (κ1) is 15.7. The Labute approximate surface area is 123 Å². The normalized spacial score (nSPS) is 13.4. The van der Waals surface area contributed by atoms with Crippen LogP contribution in [0.2, 0.25) is 5.02 Å². The second-order valence-electron chi connectivity index (χ2n) is 4.30. The molecule has 0 radical (unpaired) electrons. The molecule has 0 aliphatic heterocycles. The third kappa shape index (κ3) is 5.89. The smallest absolute Gasteiger partial charge is 0.260 e. The van der Waals surface area contributed by atoms with Crippen molar-refractivity contribution in [3.63, 3.8) is 0 Å². The van der Waals surface area contributed by atoms with Crippen molar-refractivity contribution in [1.82, 2.24) is 5.32 Å². The predicted molar refractivity (Wildman–Crippen MR) is 80.5 cm³/mol. The van der Waals surface area contributed by atoms with Crippen molar-refractivity contribution >= 4 is 34.7 Å². The molecule has 0 bridgehead atoms. The Morgan fingerprint density at radius 3 is 2.79 bits per heavy atom. The van der Waals surface area contributed by atoms with Crippen LogP contribution < -0.4 is 15.8 Å². The van der Waals surface area contributed by atoms with Gasteiger partial charge >= 0.3 is 0 Å². The molecule has 104 valence electrons. The van der Waals surface area contributed by atoms with Gasteiger partial charge in [-0.2, -0.15) is 0 Å². The fourth-order valence-electron chi connectivity index (χ4n) is 1.51. The molecule has 0 fully saturated rings. The minimum atomic E-state index is -0.618. The summed E-state index contributed by atoms with van der Waals surface area (Å²) in [5.41, 5.74) is 5.42. The average molecular weight is 301 g/mol. The van der Waals surface area contributed by atoms with Crippen LogP contribution in [0.25, 0.3) is 0 Å². The number of benzene rings is 1. The maximum atomic E-state index is 11.9. The van der Waals surface area contributed by atoms with Crippen LogP contribution in [0.15, 0.2) is 24.3 Å². The largest absolute Gasteiger partial charge is 0.481 e. The lowest BCUT2D eigenvalue weighted by Gasteiger charge is -2.18. The van der Waals surface area contributed by atoms with E-state index in [0.717, 1.165) is 0 Å². The minimum Gasteiger partial charge on any atom is -0.481 e. The first-order valence-electron chi connectivity index (χ1n) is 5.89. The molecule has 0 aliphatic carbocycles. The quantitative estimate of drug-likeness (QED) is 0.791. The summed E-state index contributed by atoms with van der Waals surface area (Å²) in [5, 5.41) is 3.34. The van der Waals surface area contributed by atoms with Gasteiger partial charge in [0, 0.05) is 17.5 Å². The molecule has 4 nitrogen and oxygen atoms in total. The third-order valence-corrected chi connectivity index (χ3v) is 2.78. The molecule has 2 atom stereocenters. The topological polar surface area (TPSA) is 64.3 Å². The highest BCUT2D eigenvalue weighted by molar-refractivity contribution is 7.80. The van der Waals surface area contributed by atoms with Crippen LogP contribution in [-0.2, 0) is 4.79 Å². The third-order valence-electron chi connectivity index (χ3n) is 2.37. The average Bonchev–Trinajstić information content (AvgIpc) is 2.27. The van der Waals surface area contributed by atoms with Crippen molar-refractivity contribution in [3.8, 4) is 5.75 Å².